The molecule has 4 aliphatic heterocycles. The number of nitrogens with one attached hydrogen (secondary N) is 3. The first-order chi connectivity index (χ1) is 36.9. The van der Waals surface area contributed by atoms with Crippen LogP contribution in [0.25, 0.3) is 20.9 Å². The summed E-state index contributed by atoms with van der Waals surface area (Å²) in [4.78, 5) is 90.2. The predicted molar refractivity (Wildman–Crippen MR) is 296 cm³/mol. The van der Waals surface area contributed by atoms with Gasteiger partial charge >= 0.3 is 0 Å². The molecule has 2 saturated heterocycles. The van der Waals surface area contributed by atoms with Crippen molar-refractivity contribution in [3.63, 3.8) is 0 Å². The molecule has 6 heterocycles. The number of thiazole rings is 2. The van der Waals surface area contributed by atoms with Crippen LogP contribution in [0.1, 0.15) is 102 Å². The fourth-order valence-corrected chi connectivity index (χ4v) is 13.2. The molecule has 0 saturated carbocycles. The van der Waals surface area contributed by atoms with Crippen molar-refractivity contribution < 1.29 is 33.8 Å². The Hall–Kier alpha value is -7.28. The van der Waals surface area contributed by atoms with Gasteiger partial charge < -0.3 is 40.1 Å². The molecule has 0 spiro atoms. The maximum atomic E-state index is 15.1. The fraction of sp³-hybridized carbons (Fsp3) is 0.390. The Labute approximate surface area is 457 Å². The van der Waals surface area contributed by atoms with Gasteiger partial charge in [-0.15, -0.1) is 22.7 Å². The van der Waals surface area contributed by atoms with Gasteiger partial charge in [0.25, 0.3) is 11.8 Å². The third-order valence-corrected chi connectivity index (χ3v) is 17.6. The molecule has 10 rings (SSSR count). The van der Waals surface area contributed by atoms with E-state index < -0.39 is 35.9 Å². The van der Waals surface area contributed by atoms with E-state index in [4.69, 9.17) is 10.1 Å². The van der Waals surface area contributed by atoms with Crippen molar-refractivity contribution >= 4 is 58.0 Å². The van der Waals surface area contributed by atoms with E-state index in [0.29, 0.717) is 29.0 Å². The summed E-state index contributed by atoms with van der Waals surface area (Å²) in [5, 5.41) is 26.3. The number of hydrogen-bond donors (Lipinski definition) is 4. The van der Waals surface area contributed by atoms with Gasteiger partial charge in [-0.2, -0.15) is 0 Å². The number of amides is 5. The maximum Gasteiger partial charge on any atom is 0.255 e. The molecule has 2 aromatic heterocycles. The van der Waals surface area contributed by atoms with Crippen LogP contribution in [-0.4, -0.2) is 119 Å². The lowest BCUT2D eigenvalue weighted by Crippen LogP contribution is -2.60. The summed E-state index contributed by atoms with van der Waals surface area (Å²) in [6, 6.07) is 26.1. The number of carbonyl (C=O) groups is 5. The SMILES string of the molecule is Cc1ncsc1-c1ccc(CNC(=N)[C@@H]2C[C@@H](O)CN2C(=O)[C@H](C(C)C)N2Cc3ccc(O[C@H]4CN(C(=O)[C@H](C(C)C)N5Cc6ccccc6C5=O)C(C)(C(=O)NCc5ccc(-c6scnc6C)cc5)C4)cc3C2=O)cc1. The molecule has 5 amide bonds. The third-order valence-electron chi connectivity index (χ3n) is 15.6. The summed E-state index contributed by atoms with van der Waals surface area (Å²) in [6.07, 6.45) is -1.20. The Balaban J connectivity index is 0.841. The van der Waals surface area contributed by atoms with Crippen molar-refractivity contribution in [3.05, 3.63) is 147 Å². The molecule has 0 bridgehead atoms. The topological polar surface area (TPSA) is 201 Å². The van der Waals surface area contributed by atoms with Crippen LogP contribution in [0.2, 0.25) is 0 Å². The van der Waals surface area contributed by atoms with Gasteiger partial charge in [-0.1, -0.05) is 100 Å². The zero-order valence-corrected chi connectivity index (χ0v) is 46.0. The van der Waals surface area contributed by atoms with Gasteiger partial charge in [0, 0.05) is 56.7 Å². The number of aliphatic hydroxyl groups excluding tert-OH is 1. The molecule has 0 aliphatic carbocycles. The van der Waals surface area contributed by atoms with Gasteiger partial charge in [0.1, 0.15) is 35.3 Å². The van der Waals surface area contributed by atoms with Crippen LogP contribution in [0, 0.1) is 31.1 Å². The molecule has 18 heteroatoms. The normalized spacial score (nSPS) is 20.7. The van der Waals surface area contributed by atoms with Gasteiger partial charge in [-0.25, -0.2) is 9.97 Å². The molecule has 4 N–H and O–H groups in total. The molecular formula is C59H65N9O7S2. The number of aromatic nitrogens is 2. The molecular weight excluding hydrogens is 1010 g/mol. The highest BCUT2D eigenvalue weighted by atomic mass is 32.1. The monoisotopic (exact) mass is 1080 g/mol. The number of rotatable bonds is 16. The first-order valence-electron chi connectivity index (χ1n) is 26.3. The minimum atomic E-state index is -1.39. The van der Waals surface area contributed by atoms with Crippen molar-refractivity contribution in [1.29, 1.82) is 5.41 Å². The Bertz CT molecular complexity index is 3250. The summed E-state index contributed by atoms with van der Waals surface area (Å²) in [5.41, 5.74) is 10.6. The first kappa shape index (κ1) is 53.1. The summed E-state index contributed by atoms with van der Waals surface area (Å²) in [6.45, 7) is 14.4. The summed E-state index contributed by atoms with van der Waals surface area (Å²) < 4.78 is 6.67. The van der Waals surface area contributed by atoms with Crippen LogP contribution in [-0.2, 0) is 40.6 Å². The zero-order valence-electron chi connectivity index (χ0n) is 44.4. The van der Waals surface area contributed by atoms with E-state index in [9.17, 15) is 24.3 Å². The van der Waals surface area contributed by atoms with Crippen LogP contribution >= 0.6 is 22.7 Å². The Morgan fingerprint density at radius 3 is 1.84 bits per heavy atom. The lowest BCUT2D eigenvalue weighted by molar-refractivity contribution is -0.148. The van der Waals surface area contributed by atoms with Crippen molar-refractivity contribution in [3.8, 4) is 26.6 Å². The van der Waals surface area contributed by atoms with E-state index in [1.807, 2.05) is 125 Å². The van der Waals surface area contributed by atoms with Crippen molar-refractivity contribution in [2.75, 3.05) is 13.1 Å². The largest absolute Gasteiger partial charge is 0.488 e. The lowest BCUT2D eigenvalue weighted by atomic mass is 9.94. The Kier molecular flexibility index (Phi) is 14.9. The molecule has 2 fully saturated rings. The molecule has 400 valence electrons. The number of ether oxygens (including phenoxy) is 1. The van der Waals surface area contributed by atoms with E-state index in [1.54, 1.807) is 62.5 Å². The second-order valence-electron chi connectivity index (χ2n) is 21.7. The Morgan fingerprint density at radius 2 is 1.29 bits per heavy atom. The highest BCUT2D eigenvalue weighted by molar-refractivity contribution is 7.13. The molecule has 77 heavy (non-hydrogen) atoms. The highest BCUT2D eigenvalue weighted by Gasteiger charge is 2.54. The number of likely N-dealkylation sites (tertiary alicyclic amines) is 2. The van der Waals surface area contributed by atoms with Crippen LogP contribution in [0.5, 0.6) is 5.75 Å². The summed E-state index contributed by atoms with van der Waals surface area (Å²) in [7, 11) is 0. The van der Waals surface area contributed by atoms with Crippen molar-refractivity contribution in [2.45, 2.75) is 123 Å². The number of aryl methyl sites for hydroxylation is 2. The average molecular weight is 1080 g/mol. The predicted octanol–water partition coefficient (Wildman–Crippen LogP) is 8.00. The standard InChI is InChI=1S/C59H65N9O7S2/c1-33(2)49(56(72)65-29-43(69)22-48(65)53(60)61-25-37-12-16-39(17-13-37)51-35(5)63-31-76-51)66-28-42-20-21-44(23-47(42)55(66)71)75-45-24-59(7,58(74)62-26-38-14-18-40(19-15-38)52-36(6)64-32-77-52)68(30-45)57(73)50(34(3)4)67-27-41-10-8-9-11-46(41)54(67)70/h8-21,23,31-34,43,45,48-50,69H,22,24-30H2,1-7H3,(H2,60,61)(H,62,74)/t43-,45-,48+,49+,50+,59?/m1/s1. The lowest BCUT2D eigenvalue weighted by Gasteiger charge is -2.39. The van der Waals surface area contributed by atoms with Gasteiger partial charge in [0.15, 0.2) is 0 Å². The number of benzene rings is 4. The Morgan fingerprint density at radius 1 is 0.740 bits per heavy atom. The summed E-state index contributed by atoms with van der Waals surface area (Å²) in [5.74, 6) is -1.77. The van der Waals surface area contributed by atoms with E-state index in [1.165, 1.54) is 4.90 Å². The second kappa shape index (κ2) is 21.6. The summed E-state index contributed by atoms with van der Waals surface area (Å²) >= 11 is 3.15. The van der Waals surface area contributed by atoms with E-state index in [-0.39, 0.29) is 92.8 Å². The highest BCUT2D eigenvalue weighted by Crippen LogP contribution is 2.39. The molecule has 6 aromatic rings. The molecule has 6 atom stereocenters. The van der Waals surface area contributed by atoms with Crippen LogP contribution in [0.3, 0.4) is 0 Å². The number of β-amino-alcohol motifs (C(OH)–C–C–N with tert-alkyl or cyclic N) is 1. The van der Waals surface area contributed by atoms with Gasteiger partial charge in [0.05, 0.1) is 50.9 Å². The number of hydrogen-bond acceptors (Lipinski definition) is 12. The number of aliphatic hydroxyl groups is 1. The van der Waals surface area contributed by atoms with E-state index >= 15 is 4.79 Å². The van der Waals surface area contributed by atoms with Crippen LogP contribution in [0.15, 0.2) is 102 Å². The smallest absolute Gasteiger partial charge is 0.255 e. The fourth-order valence-electron chi connectivity index (χ4n) is 11.6. The molecule has 4 aromatic carbocycles. The maximum absolute atomic E-state index is 15.1. The van der Waals surface area contributed by atoms with E-state index in [0.717, 1.165) is 49.0 Å². The molecule has 0 radical (unpaired) electrons. The van der Waals surface area contributed by atoms with Crippen molar-refractivity contribution in [1.82, 2.24) is 40.2 Å². The molecule has 1 unspecified atom stereocenters. The second-order valence-corrected chi connectivity index (χ2v) is 23.4. The minimum Gasteiger partial charge on any atom is -0.488 e. The van der Waals surface area contributed by atoms with Crippen LogP contribution in [0.4, 0.5) is 0 Å². The molecule has 4 aliphatic rings. The number of carbonyl (C=O) groups excluding carboxylic acids is 5. The van der Waals surface area contributed by atoms with Gasteiger partial charge in [0.2, 0.25) is 17.7 Å². The van der Waals surface area contributed by atoms with Crippen molar-refractivity contribution in [2.24, 2.45) is 11.8 Å². The molecule has 16 nitrogen and oxygen atoms in total. The number of nitrogens with zero attached hydrogens (tertiary/aromatic N) is 6. The average Bonchev–Trinajstić information content (AvgIpc) is 4.30. The number of fused-ring (bicyclic) bond motifs is 2. The van der Waals surface area contributed by atoms with Gasteiger partial charge in [-0.05, 0) is 84.2 Å². The zero-order chi connectivity index (χ0) is 54.4. The van der Waals surface area contributed by atoms with E-state index in [2.05, 4.69) is 20.6 Å². The third kappa shape index (κ3) is 10.4. The van der Waals surface area contributed by atoms with Crippen LogP contribution < -0.4 is 15.4 Å². The van der Waals surface area contributed by atoms with Gasteiger partial charge in [-0.3, -0.25) is 29.4 Å². The minimum absolute atomic E-state index is 0.0330. The number of amidine groups is 1. The quantitative estimate of drug-likeness (QED) is 0.0544. The first-order valence-corrected chi connectivity index (χ1v) is 28.0.